The van der Waals surface area contributed by atoms with Crippen molar-refractivity contribution in [2.45, 2.75) is 30.9 Å². The van der Waals surface area contributed by atoms with E-state index in [2.05, 4.69) is 4.72 Å². The number of sulfonamides is 1. The predicted octanol–water partition coefficient (Wildman–Crippen LogP) is 4.30. The third-order valence-electron chi connectivity index (χ3n) is 4.74. The molecule has 0 radical (unpaired) electrons. The van der Waals surface area contributed by atoms with Crippen LogP contribution in [0.4, 0.5) is 0 Å². The molecule has 0 aliphatic rings. The minimum absolute atomic E-state index is 0.136. The summed E-state index contributed by atoms with van der Waals surface area (Å²) in [6.45, 7) is 3.93. The van der Waals surface area contributed by atoms with Crippen LogP contribution in [-0.4, -0.2) is 26.9 Å². The first kappa shape index (κ1) is 21.9. The van der Waals surface area contributed by atoms with Crippen molar-refractivity contribution < 1.29 is 17.9 Å². The Bertz CT molecular complexity index is 1070. The van der Waals surface area contributed by atoms with E-state index in [1.54, 1.807) is 79.7 Å². The second-order valence-electron chi connectivity index (χ2n) is 6.93. The highest BCUT2D eigenvalue weighted by Gasteiger charge is 2.34. The van der Waals surface area contributed by atoms with Gasteiger partial charge in [-0.15, -0.1) is 0 Å². The first-order chi connectivity index (χ1) is 14.4. The number of Topliss-reactive ketones (excluding diaryl/α,β-unsaturated/α-hetero) is 1. The van der Waals surface area contributed by atoms with Crippen LogP contribution >= 0.6 is 0 Å². The summed E-state index contributed by atoms with van der Waals surface area (Å²) >= 11 is 0. The van der Waals surface area contributed by atoms with Gasteiger partial charge in [0.25, 0.3) is 0 Å². The van der Waals surface area contributed by atoms with E-state index in [-0.39, 0.29) is 17.3 Å². The number of nitrogens with one attached hydrogen (secondary N) is 1. The van der Waals surface area contributed by atoms with E-state index in [1.807, 2.05) is 19.1 Å². The van der Waals surface area contributed by atoms with Gasteiger partial charge in [-0.05, 0) is 31.5 Å². The zero-order valence-electron chi connectivity index (χ0n) is 17.0. The van der Waals surface area contributed by atoms with Crippen LogP contribution < -0.4 is 4.72 Å². The topological polar surface area (TPSA) is 72.5 Å². The van der Waals surface area contributed by atoms with Crippen molar-refractivity contribution in [3.05, 3.63) is 102 Å². The lowest BCUT2D eigenvalue weighted by molar-refractivity contribution is 0.0333. The Balaban J connectivity index is 2.02. The average molecular weight is 424 g/mol. The van der Waals surface area contributed by atoms with E-state index in [1.165, 1.54) is 0 Å². The Morgan fingerprint density at radius 1 is 0.900 bits per heavy atom. The van der Waals surface area contributed by atoms with E-state index in [4.69, 9.17) is 4.74 Å². The van der Waals surface area contributed by atoms with Crippen molar-refractivity contribution in [3.63, 3.8) is 0 Å². The van der Waals surface area contributed by atoms with Crippen LogP contribution in [0.25, 0.3) is 0 Å². The van der Waals surface area contributed by atoms with Crippen LogP contribution in [0.15, 0.2) is 89.8 Å². The lowest BCUT2D eigenvalue weighted by Crippen LogP contribution is -2.42. The minimum Gasteiger partial charge on any atom is -0.368 e. The smallest absolute Gasteiger partial charge is 0.241 e. The van der Waals surface area contributed by atoms with Crippen molar-refractivity contribution in [1.82, 2.24) is 4.72 Å². The number of ether oxygens (including phenoxy) is 1. The maximum Gasteiger partial charge on any atom is 0.241 e. The van der Waals surface area contributed by atoms with Crippen molar-refractivity contribution in [2.75, 3.05) is 6.61 Å². The molecule has 2 unspecified atom stereocenters. The maximum absolute atomic E-state index is 13.3. The molecule has 3 rings (SSSR count). The van der Waals surface area contributed by atoms with Crippen LogP contribution in [0.2, 0.25) is 0 Å². The highest BCUT2D eigenvalue weighted by atomic mass is 32.2. The Labute approximate surface area is 177 Å². The van der Waals surface area contributed by atoms with Gasteiger partial charge in [0, 0.05) is 12.2 Å². The lowest BCUT2D eigenvalue weighted by Gasteiger charge is -2.27. The fourth-order valence-electron chi connectivity index (χ4n) is 3.19. The average Bonchev–Trinajstić information content (AvgIpc) is 2.77. The molecular weight excluding hydrogens is 398 g/mol. The number of hydrogen-bond acceptors (Lipinski definition) is 4. The normalized spacial score (nSPS) is 13.5. The number of rotatable bonds is 9. The molecule has 0 aromatic heterocycles. The number of benzene rings is 3. The molecule has 0 bridgehead atoms. The monoisotopic (exact) mass is 423 g/mol. The second-order valence-corrected chi connectivity index (χ2v) is 8.64. The Morgan fingerprint density at radius 2 is 1.47 bits per heavy atom. The number of ketones is 1. The summed E-state index contributed by atoms with van der Waals surface area (Å²) in [5.74, 6) is -0.280. The number of aryl methyl sites for hydroxylation is 1. The van der Waals surface area contributed by atoms with E-state index in [0.29, 0.717) is 11.1 Å². The van der Waals surface area contributed by atoms with Gasteiger partial charge in [0.15, 0.2) is 5.78 Å². The Hall–Kier alpha value is -2.80. The molecule has 1 N–H and O–H groups in total. The molecule has 30 heavy (non-hydrogen) atoms. The number of carbonyl (C=O) groups excluding carboxylic acids is 1. The predicted molar refractivity (Wildman–Crippen MR) is 117 cm³/mol. The molecule has 0 amide bonds. The van der Waals surface area contributed by atoms with Crippen LogP contribution in [0.1, 0.15) is 34.5 Å². The number of carbonyl (C=O) groups is 1. The van der Waals surface area contributed by atoms with Gasteiger partial charge in [-0.25, -0.2) is 13.1 Å². The number of hydrogen-bond donors (Lipinski definition) is 1. The van der Waals surface area contributed by atoms with Crippen LogP contribution in [0.5, 0.6) is 0 Å². The summed E-state index contributed by atoms with van der Waals surface area (Å²) in [5, 5.41) is 0. The molecule has 156 valence electrons. The molecule has 0 saturated heterocycles. The third kappa shape index (κ3) is 5.21. The third-order valence-corrected chi connectivity index (χ3v) is 6.19. The summed E-state index contributed by atoms with van der Waals surface area (Å²) < 4.78 is 34.7. The van der Waals surface area contributed by atoms with Crippen LogP contribution in [0.3, 0.4) is 0 Å². The summed E-state index contributed by atoms with van der Waals surface area (Å²) in [5.41, 5.74) is 2.07. The van der Waals surface area contributed by atoms with Gasteiger partial charge in [0.1, 0.15) is 6.10 Å². The van der Waals surface area contributed by atoms with Gasteiger partial charge < -0.3 is 4.74 Å². The second kappa shape index (κ2) is 9.80. The molecule has 5 nitrogen and oxygen atoms in total. The molecule has 0 saturated carbocycles. The lowest BCUT2D eigenvalue weighted by atomic mass is 9.95. The largest absolute Gasteiger partial charge is 0.368 e. The molecule has 3 aromatic rings. The van der Waals surface area contributed by atoms with E-state index in [0.717, 1.165) is 5.56 Å². The van der Waals surface area contributed by atoms with E-state index < -0.39 is 22.2 Å². The highest BCUT2D eigenvalue weighted by molar-refractivity contribution is 7.89. The molecule has 0 aliphatic carbocycles. The van der Waals surface area contributed by atoms with Gasteiger partial charge in [0.05, 0.1) is 10.9 Å². The standard InChI is InChI=1S/C24H25NO4S/c1-3-29-24(23(26)20-12-8-5-9-13-20)22(19-10-6-4-7-11-19)25-30(27,28)21-16-14-18(2)15-17-21/h4-17,22,24-25H,3H2,1-2H3. The van der Waals surface area contributed by atoms with Crippen molar-refractivity contribution in [2.24, 2.45) is 0 Å². The molecule has 0 aliphatic heterocycles. The minimum atomic E-state index is -3.89. The van der Waals surface area contributed by atoms with E-state index in [9.17, 15) is 13.2 Å². The molecule has 0 spiro atoms. The SMILES string of the molecule is CCOC(C(=O)c1ccccc1)C(NS(=O)(=O)c1ccc(C)cc1)c1ccccc1. The maximum atomic E-state index is 13.3. The summed E-state index contributed by atoms with van der Waals surface area (Å²) in [6, 6.07) is 23.5. The van der Waals surface area contributed by atoms with Gasteiger partial charge in [0.2, 0.25) is 10.0 Å². The van der Waals surface area contributed by atoms with Crippen molar-refractivity contribution in [1.29, 1.82) is 0 Å². The quantitative estimate of drug-likeness (QED) is 0.521. The molecule has 0 heterocycles. The van der Waals surface area contributed by atoms with Crippen molar-refractivity contribution >= 4 is 15.8 Å². The Morgan fingerprint density at radius 3 is 2.03 bits per heavy atom. The van der Waals surface area contributed by atoms with E-state index >= 15 is 0 Å². The fourth-order valence-corrected chi connectivity index (χ4v) is 4.41. The molecule has 0 fully saturated rings. The Kier molecular flexibility index (Phi) is 7.15. The zero-order valence-corrected chi connectivity index (χ0v) is 17.8. The summed E-state index contributed by atoms with van der Waals surface area (Å²) in [6.07, 6.45) is -1.01. The van der Waals surface area contributed by atoms with Gasteiger partial charge >= 0.3 is 0 Å². The molecular formula is C24H25NO4S. The molecule has 2 atom stereocenters. The highest BCUT2D eigenvalue weighted by Crippen LogP contribution is 2.25. The molecule has 6 heteroatoms. The fraction of sp³-hybridized carbons (Fsp3) is 0.208. The van der Waals surface area contributed by atoms with Crippen LogP contribution in [-0.2, 0) is 14.8 Å². The summed E-state index contributed by atoms with van der Waals surface area (Å²) in [4.78, 5) is 13.4. The van der Waals surface area contributed by atoms with Gasteiger partial charge in [-0.1, -0.05) is 78.4 Å². The van der Waals surface area contributed by atoms with Gasteiger partial charge in [-0.2, -0.15) is 0 Å². The first-order valence-corrected chi connectivity index (χ1v) is 11.3. The van der Waals surface area contributed by atoms with Gasteiger partial charge in [-0.3, -0.25) is 4.79 Å². The molecule has 3 aromatic carbocycles. The zero-order chi connectivity index (χ0) is 21.6. The first-order valence-electron chi connectivity index (χ1n) is 9.77. The summed E-state index contributed by atoms with van der Waals surface area (Å²) in [7, 11) is -3.89. The van der Waals surface area contributed by atoms with Crippen molar-refractivity contribution in [3.8, 4) is 0 Å². The van der Waals surface area contributed by atoms with Crippen LogP contribution in [0, 0.1) is 6.92 Å².